The van der Waals surface area contributed by atoms with E-state index in [-0.39, 0.29) is 30.0 Å². The van der Waals surface area contributed by atoms with Crippen LogP contribution in [0.5, 0.6) is 0 Å². The molecule has 1 heterocycles. The molecule has 1 aliphatic heterocycles. The van der Waals surface area contributed by atoms with Crippen molar-refractivity contribution in [2.45, 2.75) is 24.3 Å². The second-order valence-corrected chi connectivity index (χ2v) is 7.43. The maximum absolute atomic E-state index is 12.6. The Balaban J connectivity index is 2.23. The molecule has 3 N–H and O–H groups in total. The number of sulfonamides is 1. The van der Waals surface area contributed by atoms with Crippen LogP contribution in [0.25, 0.3) is 0 Å². The van der Waals surface area contributed by atoms with E-state index >= 15 is 0 Å². The van der Waals surface area contributed by atoms with E-state index in [1.54, 1.807) is 17.9 Å². The third kappa shape index (κ3) is 4.29. The number of rotatable bonds is 6. The normalized spacial score (nSPS) is 18.4. The van der Waals surface area contributed by atoms with Gasteiger partial charge < -0.3 is 15.4 Å². The number of benzene rings is 1. The van der Waals surface area contributed by atoms with Crippen molar-refractivity contribution in [3.05, 3.63) is 29.3 Å². The van der Waals surface area contributed by atoms with Gasteiger partial charge in [0.05, 0.1) is 11.5 Å². The van der Waals surface area contributed by atoms with Crippen LogP contribution >= 0.6 is 0 Å². The number of hydrogen-bond acceptors (Lipinski definition) is 5. The Bertz CT molecular complexity index is 675. The molecule has 1 aromatic carbocycles. The predicted octanol–water partition coefficient (Wildman–Crippen LogP) is 0.0929. The molecule has 7 nitrogen and oxygen atoms in total. The molecular weight excluding hydrogens is 318 g/mol. The second kappa shape index (κ2) is 7.39. The number of nitrogens with one attached hydrogen (secondary N) is 1. The first-order valence-electron chi connectivity index (χ1n) is 7.49. The number of hydrogen-bond donors (Lipinski definition) is 2. The first-order chi connectivity index (χ1) is 10.8. The molecule has 0 unspecified atom stereocenters. The summed E-state index contributed by atoms with van der Waals surface area (Å²) in [5.74, 6) is -0.176. The second-order valence-electron chi connectivity index (χ2n) is 5.67. The van der Waals surface area contributed by atoms with Crippen molar-refractivity contribution < 1.29 is 17.9 Å². The molecule has 0 saturated carbocycles. The molecule has 1 fully saturated rings. The summed E-state index contributed by atoms with van der Waals surface area (Å²) in [6.07, 6.45) is 0.765. The lowest BCUT2D eigenvalue weighted by molar-refractivity contribution is 0.0790. The number of nitrogens with zero attached hydrogens (tertiary/aromatic N) is 1. The number of ether oxygens (including phenoxy) is 1. The molecule has 1 aliphatic rings. The van der Waals surface area contributed by atoms with Crippen LogP contribution in [0.4, 0.5) is 0 Å². The summed E-state index contributed by atoms with van der Waals surface area (Å²) in [4.78, 5) is 14.3. The molecule has 23 heavy (non-hydrogen) atoms. The average molecular weight is 341 g/mol. The summed E-state index contributed by atoms with van der Waals surface area (Å²) in [5.41, 5.74) is 6.97. The number of methoxy groups -OCH3 is 1. The minimum Gasteiger partial charge on any atom is -0.383 e. The van der Waals surface area contributed by atoms with Gasteiger partial charge in [-0.1, -0.05) is 6.07 Å². The highest BCUT2D eigenvalue weighted by Gasteiger charge is 2.26. The average Bonchev–Trinajstić information content (AvgIpc) is 2.93. The summed E-state index contributed by atoms with van der Waals surface area (Å²) in [6, 6.07) is 4.56. The largest absolute Gasteiger partial charge is 0.383 e. The van der Waals surface area contributed by atoms with E-state index in [0.717, 1.165) is 12.0 Å². The molecule has 0 aromatic heterocycles. The van der Waals surface area contributed by atoms with E-state index in [1.165, 1.54) is 19.2 Å². The number of aryl methyl sites for hydroxylation is 1. The van der Waals surface area contributed by atoms with E-state index in [9.17, 15) is 13.2 Å². The van der Waals surface area contributed by atoms with Crippen molar-refractivity contribution in [2.75, 3.05) is 33.4 Å². The number of amides is 1. The highest BCUT2D eigenvalue weighted by Crippen LogP contribution is 2.19. The van der Waals surface area contributed by atoms with Gasteiger partial charge in [-0.05, 0) is 31.0 Å². The smallest absolute Gasteiger partial charge is 0.254 e. The molecule has 1 saturated heterocycles. The lowest BCUT2D eigenvalue weighted by Gasteiger charge is -2.18. The number of carbonyl (C=O) groups is 1. The zero-order valence-corrected chi connectivity index (χ0v) is 14.2. The molecule has 1 aromatic rings. The molecule has 0 bridgehead atoms. The van der Waals surface area contributed by atoms with Crippen molar-refractivity contribution in [1.82, 2.24) is 9.62 Å². The third-order valence-corrected chi connectivity index (χ3v) is 5.32. The lowest BCUT2D eigenvalue weighted by Crippen LogP contribution is -2.32. The van der Waals surface area contributed by atoms with Crippen molar-refractivity contribution in [3.63, 3.8) is 0 Å². The summed E-state index contributed by atoms with van der Waals surface area (Å²) in [7, 11) is -2.17. The SMILES string of the molecule is COCCNS(=O)(=O)c1ccc(C)c(C(=O)N2CC[C@@H](N)C2)c1. The van der Waals surface area contributed by atoms with Gasteiger partial charge in [-0.25, -0.2) is 13.1 Å². The van der Waals surface area contributed by atoms with Crippen LogP contribution in [0, 0.1) is 6.92 Å². The lowest BCUT2D eigenvalue weighted by atomic mass is 10.1. The quantitative estimate of drug-likeness (QED) is 0.714. The van der Waals surface area contributed by atoms with Gasteiger partial charge in [-0.15, -0.1) is 0 Å². The molecule has 8 heteroatoms. The monoisotopic (exact) mass is 341 g/mol. The molecular formula is C15H23N3O4S. The van der Waals surface area contributed by atoms with Crippen molar-refractivity contribution in [2.24, 2.45) is 5.73 Å². The Kier molecular flexibility index (Phi) is 5.74. The van der Waals surface area contributed by atoms with Crippen LogP contribution in [-0.4, -0.2) is 58.6 Å². The van der Waals surface area contributed by atoms with Gasteiger partial charge in [0.2, 0.25) is 10.0 Å². The summed E-state index contributed by atoms with van der Waals surface area (Å²) in [6.45, 7) is 3.35. The van der Waals surface area contributed by atoms with Gasteiger partial charge in [0.15, 0.2) is 0 Å². The van der Waals surface area contributed by atoms with Crippen LogP contribution in [0.15, 0.2) is 23.1 Å². The van der Waals surface area contributed by atoms with Gasteiger partial charge in [0.25, 0.3) is 5.91 Å². The zero-order valence-electron chi connectivity index (χ0n) is 13.4. The van der Waals surface area contributed by atoms with E-state index in [2.05, 4.69) is 4.72 Å². The first kappa shape index (κ1) is 17.9. The van der Waals surface area contributed by atoms with Gasteiger partial charge in [0, 0.05) is 38.3 Å². The molecule has 0 spiro atoms. The molecule has 128 valence electrons. The number of likely N-dealkylation sites (tertiary alicyclic amines) is 1. The number of nitrogens with two attached hydrogens (primary N) is 1. The Labute approximate surface area is 136 Å². The maximum Gasteiger partial charge on any atom is 0.254 e. The van der Waals surface area contributed by atoms with Gasteiger partial charge >= 0.3 is 0 Å². The summed E-state index contributed by atoms with van der Waals surface area (Å²) >= 11 is 0. The van der Waals surface area contributed by atoms with Crippen LogP contribution in [-0.2, 0) is 14.8 Å². The Hall–Kier alpha value is -1.48. The van der Waals surface area contributed by atoms with Crippen LogP contribution in [0.3, 0.4) is 0 Å². The Morgan fingerprint density at radius 3 is 2.83 bits per heavy atom. The van der Waals surface area contributed by atoms with E-state index < -0.39 is 10.0 Å². The summed E-state index contributed by atoms with van der Waals surface area (Å²) < 4.78 is 31.8. The fraction of sp³-hybridized carbons (Fsp3) is 0.533. The van der Waals surface area contributed by atoms with E-state index in [0.29, 0.717) is 18.7 Å². The Morgan fingerprint density at radius 1 is 1.48 bits per heavy atom. The first-order valence-corrected chi connectivity index (χ1v) is 8.97. The fourth-order valence-corrected chi connectivity index (χ4v) is 3.54. The van der Waals surface area contributed by atoms with Crippen LogP contribution in [0.2, 0.25) is 0 Å². The summed E-state index contributed by atoms with van der Waals surface area (Å²) in [5, 5.41) is 0. The highest BCUT2D eigenvalue weighted by atomic mass is 32.2. The van der Waals surface area contributed by atoms with Gasteiger partial charge in [-0.3, -0.25) is 4.79 Å². The third-order valence-electron chi connectivity index (χ3n) is 3.86. The number of carbonyl (C=O) groups excluding carboxylic acids is 1. The fourth-order valence-electron chi connectivity index (χ4n) is 2.50. The topological polar surface area (TPSA) is 102 Å². The van der Waals surface area contributed by atoms with Gasteiger partial charge in [0.1, 0.15) is 0 Å². The van der Waals surface area contributed by atoms with Crippen LogP contribution < -0.4 is 10.5 Å². The molecule has 0 aliphatic carbocycles. The zero-order chi connectivity index (χ0) is 17.0. The van der Waals surface area contributed by atoms with Crippen molar-refractivity contribution in [1.29, 1.82) is 0 Å². The van der Waals surface area contributed by atoms with E-state index in [1.807, 2.05) is 0 Å². The highest BCUT2D eigenvalue weighted by molar-refractivity contribution is 7.89. The van der Waals surface area contributed by atoms with Crippen LogP contribution in [0.1, 0.15) is 22.3 Å². The Morgan fingerprint density at radius 2 is 2.22 bits per heavy atom. The molecule has 1 atom stereocenters. The molecule has 1 amide bonds. The minimum atomic E-state index is -3.67. The van der Waals surface area contributed by atoms with Crippen molar-refractivity contribution in [3.8, 4) is 0 Å². The van der Waals surface area contributed by atoms with Gasteiger partial charge in [-0.2, -0.15) is 0 Å². The minimum absolute atomic E-state index is 0.0121. The van der Waals surface area contributed by atoms with E-state index in [4.69, 9.17) is 10.5 Å². The molecule has 0 radical (unpaired) electrons. The van der Waals surface area contributed by atoms with Crippen molar-refractivity contribution >= 4 is 15.9 Å². The predicted molar refractivity (Wildman–Crippen MR) is 86.7 cm³/mol. The maximum atomic E-state index is 12.6. The standard InChI is InChI=1S/C15H23N3O4S/c1-11-3-4-13(23(20,21)17-6-8-22-2)9-14(11)15(19)18-7-5-12(16)10-18/h3-4,9,12,17H,5-8,10,16H2,1-2H3/t12-/m1/s1. The molecule has 2 rings (SSSR count).